The molecule has 31 heavy (non-hydrogen) atoms. The number of halogens is 1. The van der Waals surface area contributed by atoms with E-state index >= 15 is 0 Å². The van der Waals surface area contributed by atoms with E-state index in [0.29, 0.717) is 43.3 Å². The summed E-state index contributed by atoms with van der Waals surface area (Å²) in [6.45, 7) is 6.27. The number of oxazole rings is 1. The molecule has 2 saturated heterocycles. The molecule has 2 aromatic rings. The van der Waals surface area contributed by atoms with Gasteiger partial charge in [-0.2, -0.15) is 0 Å². The molecule has 1 atom stereocenters. The van der Waals surface area contributed by atoms with Gasteiger partial charge in [0.05, 0.1) is 11.6 Å². The molecule has 1 aromatic heterocycles. The number of piperidine rings is 2. The van der Waals surface area contributed by atoms with E-state index in [0.717, 1.165) is 32.2 Å². The Bertz CT molecular complexity index is 951. The van der Waals surface area contributed by atoms with Crippen LogP contribution >= 0.6 is 0 Å². The largest absolute Gasteiger partial charge is 0.445 e. The van der Waals surface area contributed by atoms with Crippen LogP contribution < -0.4 is 0 Å². The molecular weight excluding hydrogens is 397 g/mol. The van der Waals surface area contributed by atoms with Crippen molar-refractivity contribution in [1.29, 1.82) is 0 Å². The molecule has 0 saturated carbocycles. The molecule has 3 heterocycles. The monoisotopic (exact) mass is 427 g/mol. The van der Waals surface area contributed by atoms with E-state index in [9.17, 15) is 14.0 Å². The number of amides is 2. The van der Waals surface area contributed by atoms with E-state index in [4.69, 9.17) is 4.42 Å². The molecule has 0 aliphatic carbocycles. The van der Waals surface area contributed by atoms with Gasteiger partial charge in [-0.3, -0.25) is 9.59 Å². The van der Waals surface area contributed by atoms with Crippen LogP contribution in [0.5, 0.6) is 0 Å². The summed E-state index contributed by atoms with van der Waals surface area (Å²) in [5.41, 5.74) is 0.217. The molecule has 2 amide bonds. The fraction of sp³-hybridized carbons (Fsp3) is 0.542. The molecule has 0 bridgehead atoms. The molecule has 166 valence electrons. The minimum Gasteiger partial charge on any atom is -0.445 e. The first-order valence-corrected chi connectivity index (χ1v) is 11.1. The summed E-state index contributed by atoms with van der Waals surface area (Å²) in [6.07, 6.45) is 5.24. The second kappa shape index (κ2) is 8.81. The number of rotatable bonds is 4. The van der Waals surface area contributed by atoms with Crippen molar-refractivity contribution in [2.75, 3.05) is 26.2 Å². The number of hydrogen-bond acceptors (Lipinski definition) is 4. The number of aromatic nitrogens is 1. The van der Waals surface area contributed by atoms with Gasteiger partial charge >= 0.3 is 0 Å². The van der Waals surface area contributed by atoms with E-state index < -0.39 is 0 Å². The van der Waals surface area contributed by atoms with Crippen LogP contribution in [0, 0.1) is 11.7 Å². The first-order chi connectivity index (χ1) is 14.9. The highest BCUT2D eigenvalue weighted by Crippen LogP contribution is 2.35. The van der Waals surface area contributed by atoms with Crippen LogP contribution in [0.1, 0.15) is 56.7 Å². The fourth-order valence-electron chi connectivity index (χ4n) is 4.80. The maximum absolute atomic E-state index is 14.0. The van der Waals surface area contributed by atoms with Crippen LogP contribution in [-0.2, 0) is 21.4 Å². The van der Waals surface area contributed by atoms with Crippen LogP contribution in [-0.4, -0.2) is 52.8 Å². The van der Waals surface area contributed by atoms with E-state index in [1.165, 1.54) is 6.07 Å². The van der Waals surface area contributed by atoms with Crippen LogP contribution in [0.25, 0.3) is 0 Å². The van der Waals surface area contributed by atoms with Crippen LogP contribution in [0.15, 0.2) is 34.9 Å². The summed E-state index contributed by atoms with van der Waals surface area (Å²) in [5.74, 6) is 1.21. The normalized spacial score (nSPS) is 22.5. The van der Waals surface area contributed by atoms with E-state index in [1.54, 1.807) is 25.3 Å². The summed E-state index contributed by atoms with van der Waals surface area (Å²) in [5, 5.41) is 0. The predicted molar refractivity (Wildman–Crippen MR) is 114 cm³/mol. The summed E-state index contributed by atoms with van der Waals surface area (Å²) >= 11 is 0. The molecule has 7 heteroatoms. The Balaban J connectivity index is 1.42. The lowest BCUT2D eigenvalue weighted by atomic mass is 9.81. The topological polar surface area (TPSA) is 66.7 Å². The lowest BCUT2D eigenvalue weighted by Gasteiger charge is -2.41. The average molecular weight is 428 g/mol. The summed E-state index contributed by atoms with van der Waals surface area (Å²) < 4.78 is 20.0. The lowest BCUT2D eigenvalue weighted by Crippen LogP contribution is -2.50. The maximum atomic E-state index is 14.0. The Hall–Kier alpha value is -2.70. The van der Waals surface area contributed by atoms with Crippen molar-refractivity contribution in [3.05, 3.63) is 53.5 Å². The standard InChI is InChI=1S/C24H30FN3O3/c1-17(29)27-12-8-18(9-13-27)22(30)28-11-5-10-24(2,16-28)23-26-15-20(31-23)14-19-6-3-4-7-21(19)25/h3-4,6-7,15,18H,5,8-14,16H2,1-2H3/t24-/m1/s1. The van der Waals surface area contributed by atoms with Crippen LogP contribution in [0.4, 0.5) is 4.39 Å². The summed E-state index contributed by atoms with van der Waals surface area (Å²) in [7, 11) is 0. The molecule has 2 fully saturated rings. The third-order valence-electron chi connectivity index (χ3n) is 6.69. The highest BCUT2D eigenvalue weighted by Gasteiger charge is 2.40. The second-order valence-corrected chi connectivity index (χ2v) is 9.10. The quantitative estimate of drug-likeness (QED) is 0.749. The van der Waals surface area contributed by atoms with Gasteiger partial charge in [0.1, 0.15) is 11.6 Å². The van der Waals surface area contributed by atoms with Crippen molar-refractivity contribution in [3.63, 3.8) is 0 Å². The van der Waals surface area contributed by atoms with Gasteiger partial charge < -0.3 is 14.2 Å². The van der Waals surface area contributed by atoms with Crippen molar-refractivity contribution in [3.8, 4) is 0 Å². The van der Waals surface area contributed by atoms with Gasteiger partial charge in [0.25, 0.3) is 0 Å². The zero-order valence-corrected chi connectivity index (χ0v) is 18.3. The van der Waals surface area contributed by atoms with Crippen molar-refractivity contribution in [1.82, 2.24) is 14.8 Å². The number of benzene rings is 1. The van der Waals surface area contributed by atoms with Gasteiger partial charge in [-0.1, -0.05) is 18.2 Å². The summed E-state index contributed by atoms with van der Waals surface area (Å²) in [4.78, 5) is 33.0. The number of likely N-dealkylation sites (tertiary alicyclic amines) is 2. The Kier molecular flexibility index (Phi) is 6.12. The molecule has 0 unspecified atom stereocenters. The zero-order chi connectivity index (χ0) is 22.0. The van der Waals surface area contributed by atoms with Gasteiger partial charge in [0, 0.05) is 45.4 Å². The number of hydrogen-bond donors (Lipinski definition) is 0. The van der Waals surface area contributed by atoms with Crippen molar-refractivity contribution in [2.45, 2.75) is 51.4 Å². The van der Waals surface area contributed by atoms with E-state index in [1.807, 2.05) is 15.9 Å². The minimum atomic E-state index is -0.360. The third kappa shape index (κ3) is 4.65. The molecule has 6 nitrogen and oxygen atoms in total. The molecule has 2 aliphatic heterocycles. The zero-order valence-electron chi connectivity index (χ0n) is 18.3. The number of carbonyl (C=O) groups excluding carboxylic acids is 2. The molecule has 1 aromatic carbocycles. The first kappa shape index (κ1) is 21.5. The van der Waals surface area contributed by atoms with Crippen LogP contribution in [0.3, 0.4) is 0 Å². The Morgan fingerprint density at radius 3 is 2.65 bits per heavy atom. The van der Waals surface area contributed by atoms with Gasteiger partial charge in [0.15, 0.2) is 0 Å². The molecule has 4 rings (SSSR count). The third-order valence-corrected chi connectivity index (χ3v) is 6.69. The van der Waals surface area contributed by atoms with Gasteiger partial charge in [-0.25, -0.2) is 9.37 Å². The number of nitrogens with zero attached hydrogens (tertiary/aromatic N) is 3. The lowest BCUT2D eigenvalue weighted by molar-refractivity contribution is -0.142. The Labute approximate surface area is 182 Å². The summed E-state index contributed by atoms with van der Waals surface area (Å²) in [6, 6.07) is 6.67. The Morgan fingerprint density at radius 2 is 1.94 bits per heavy atom. The minimum absolute atomic E-state index is 0.0286. The highest BCUT2D eigenvalue weighted by molar-refractivity contribution is 5.80. The first-order valence-electron chi connectivity index (χ1n) is 11.1. The maximum Gasteiger partial charge on any atom is 0.225 e. The number of carbonyl (C=O) groups is 2. The van der Waals surface area contributed by atoms with Crippen molar-refractivity contribution < 1.29 is 18.4 Å². The highest BCUT2D eigenvalue weighted by atomic mass is 19.1. The van der Waals surface area contributed by atoms with Crippen molar-refractivity contribution >= 4 is 11.8 Å². The molecule has 2 aliphatic rings. The van der Waals surface area contributed by atoms with Gasteiger partial charge in [-0.05, 0) is 44.2 Å². The molecule has 0 N–H and O–H groups in total. The molecule has 0 radical (unpaired) electrons. The van der Waals surface area contributed by atoms with E-state index in [-0.39, 0.29) is 29.0 Å². The average Bonchev–Trinajstić information content (AvgIpc) is 3.24. The fourth-order valence-corrected chi connectivity index (χ4v) is 4.80. The SMILES string of the molecule is CC(=O)N1CCC(C(=O)N2CCC[C@@](C)(c3ncc(Cc4ccccc4F)o3)C2)CC1. The van der Waals surface area contributed by atoms with Crippen LogP contribution in [0.2, 0.25) is 0 Å². The smallest absolute Gasteiger partial charge is 0.225 e. The van der Waals surface area contributed by atoms with E-state index in [2.05, 4.69) is 11.9 Å². The molecule has 0 spiro atoms. The van der Waals surface area contributed by atoms with Gasteiger partial charge in [-0.15, -0.1) is 0 Å². The molecular formula is C24H30FN3O3. The van der Waals surface area contributed by atoms with Crippen molar-refractivity contribution in [2.24, 2.45) is 5.92 Å². The predicted octanol–water partition coefficient (Wildman–Crippen LogP) is 3.54. The van der Waals surface area contributed by atoms with Gasteiger partial charge in [0.2, 0.25) is 17.7 Å². The Morgan fingerprint density at radius 1 is 1.19 bits per heavy atom. The second-order valence-electron chi connectivity index (χ2n) is 9.10.